The summed E-state index contributed by atoms with van der Waals surface area (Å²) in [4.78, 5) is 13.1. The Morgan fingerprint density at radius 2 is 2.18 bits per heavy atom. The predicted molar refractivity (Wildman–Crippen MR) is 87.5 cm³/mol. The summed E-state index contributed by atoms with van der Waals surface area (Å²) in [5.74, 6) is -0.320. The molecule has 2 heterocycles. The highest BCUT2D eigenvalue weighted by molar-refractivity contribution is 7.91. The van der Waals surface area contributed by atoms with Gasteiger partial charge in [0.05, 0.1) is 5.92 Å². The van der Waals surface area contributed by atoms with Gasteiger partial charge in [0.2, 0.25) is 5.91 Å². The highest BCUT2D eigenvalue weighted by atomic mass is 32.2. The van der Waals surface area contributed by atoms with Crippen LogP contribution >= 0.6 is 11.3 Å². The van der Waals surface area contributed by atoms with Gasteiger partial charge >= 0.3 is 0 Å². The van der Waals surface area contributed by atoms with Crippen LogP contribution in [0.1, 0.15) is 17.7 Å². The lowest BCUT2D eigenvalue weighted by molar-refractivity contribution is -0.126. The molecule has 1 atom stereocenters. The minimum Gasteiger partial charge on any atom is -0.355 e. The summed E-state index contributed by atoms with van der Waals surface area (Å²) in [7, 11) is -1.65. The molecule has 1 aromatic heterocycles. The number of thiophene rings is 1. The maximum atomic E-state index is 12.6. The number of carbonyl (C=O) groups is 1. The molecule has 2 rings (SSSR count). The zero-order chi connectivity index (χ0) is 16.2. The minimum atomic E-state index is -3.47. The molecule has 1 amide bonds. The molecule has 1 aliphatic heterocycles. The quantitative estimate of drug-likeness (QED) is 0.747. The number of hydrogen-bond acceptors (Lipinski definition) is 5. The van der Waals surface area contributed by atoms with Gasteiger partial charge in [-0.15, -0.1) is 11.3 Å². The number of hydrogen-bond donors (Lipinski definition) is 2. The molecule has 1 aromatic rings. The third kappa shape index (κ3) is 4.07. The number of likely N-dealkylation sites (N-methyl/N-ethyl adjacent to an activating group) is 1. The minimum absolute atomic E-state index is 0.0579. The second kappa shape index (κ2) is 7.54. The van der Waals surface area contributed by atoms with Crippen LogP contribution in [0.4, 0.5) is 0 Å². The fraction of sp³-hybridized carbons (Fsp3) is 0.643. The van der Waals surface area contributed by atoms with Crippen molar-refractivity contribution in [2.24, 2.45) is 5.92 Å². The van der Waals surface area contributed by atoms with Crippen LogP contribution in [0.15, 0.2) is 16.3 Å². The smallest absolute Gasteiger partial charge is 0.252 e. The second-order valence-corrected chi connectivity index (χ2v) is 8.91. The first-order valence-electron chi connectivity index (χ1n) is 7.44. The maximum absolute atomic E-state index is 12.6. The van der Waals surface area contributed by atoms with Crippen molar-refractivity contribution in [3.63, 3.8) is 0 Å². The Bertz CT molecular complexity index is 613. The molecule has 0 bridgehead atoms. The van der Waals surface area contributed by atoms with Crippen molar-refractivity contribution in [3.8, 4) is 0 Å². The van der Waals surface area contributed by atoms with Crippen molar-refractivity contribution in [1.29, 1.82) is 0 Å². The molecule has 1 saturated heterocycles. The number of amides is 1. The summed E-state index contributed by atoms with van der Waals surface area (Å²) in [6.07, 6.45) is 1.45. The number of nitrogens with zero attached hydrogens (tertiary/aromatic N) is 1. The van der Waals surface area contributed by atoms with Crippen molar-refractivity contribution in [2.75, 3.05) is 33.2 Å². The topological polar surface area (TPSA) is 78.5 Å². The molecule has 22 heavy (non-hydrogen) atoms. The van der Waals surface area contributed by atoms with Crippen LogP contribution in [0, 0.1) is 12.8 Å². The second-order valence-electron chi connectivity index (χ2n) is 5.46. The van der Waals surface area contributed by atoms with E-state index >= 15 is 0 Å². The molecule has 1 aliphatic rings. The van der Waals surface area contributed by atoms with Crippen LogP contribution in [0.25, 0.3) is 0 Å². The lowest BCUT2D eigenvalue weighted by Gasteiger charge is -2.30. The number of sulfonamides is 1. The van der Waals surface area contributed by atoms with Crippen molar-refractivity contribution in [1.82, 2.24) is 14.9 Å². The van der Waals surface area contributed by atoms with Crippen LogP contribution in [0.3, 0.4) is 0 Å². The van der Waals surface area contributed by atoms with Crippen LogP contribution < -0.4 is 10.6 Å². The van der Waals surface area contributed by atoms with Crippen molar-refractivity contribution < 1.29 is 13.2 Å². The lowest BCUT2D eigenvalue weighted by Crippen LogP contribution is -2.46. The van der Waals surface area contributed by atoms with Gasteiger partial charge in [0.25, 0.3) is 10.0 Å². The van der Waals surface area contributed by atoms with Gasteiger partial charge < -0.3 is 10.6 Å². The standard InChI is InChI=1S/C14H23N3O3S2/c1-11-5-6-13(21-11)22(19,20)17-9-3-4-12(10-17)14(18)16-8-7-15-2/h5-6,12,15H,3-4,7-10H2,1-2H3,(H,16,18). The van der Waals surface area contributed by atoms with E-state index in [1.165, 1.54) is 15.6 Å². The molecule has 0 radical (unpaired) electrons. The Kier molecular flexibility index (Phi) is 5.96. The first-order chi connectivity index (χ1) is 10.4. The molecule has 0 spiro atoms. The van der Waals surface area contributed by atoms with E-state index in [4.69, 9.17) is 0 Å². The highest BCUT2D eigenvalue weighted by Crippen LogP contribution is 2.28. The van der Waals surface area contributed by atoms with Gasteiger partial charge in [0.1, 0.15) is 4.21 Å². The van der Waals surface area contributed by atoms with Gasteiger partial charge in [-0.25, -0.2) is 8.42 Å². The highest BCUT2D eigenvalue weighted by Gasteiger charge is 2.33. The number of aryl methyl sites for hydroxylation is 1. The van der Waals surface area contributed by atoms with E-state index in [9.17, 15) is 13.2 Å². The third-order valence-corrected chi connectivity index (χ3v) is 7.07. The molecule has 6 nitrogen and oxygen atoms in total. The summed E-state index contributed by atoms with van der Waals surface area (Å²) >= 11 is 1.28. The summed E-state index contributed by atoms with van der Waals surface area (Å²) in [6.45, 7) is 3.90. The van der Waals surface area contributed by atoms with E-state index in [1.807, 2.05) is 20.0 Å². The summed E-state index contributed by atoms with van der Waals surface area (Å²) in [5, 5.41) is 5.81. The van der Waals surface area contributed by atoms with E-state index in [1.54, 1.807) is 6.07 Å². The van der Waals surface area contributed by atoms with Crippen LogP contribution in [-0.2, 0) is 14.8 Å². The SMILES string of the molecule is CNCCNC(=O)C1CCCN(S(=O)(=O)c2ccc(C)s2)C1. The van der Waals surface area contributed by atoms with Gasteiger partial charge in [0, 0.05) is 31.1 Å². The van der Waals surface area contributed by atoms with E-state index in [0.29, 0.717) is 30.3 Å². The van der Waals surface area contributed by atoms with Crippen molar-refractivity contribution in [3.05, 3.63) is 17.0 Å². The molecular formula is C14H23N3O3S2. The van der Waals surface area contributed by atoms with Crippen LogP contribution in [0.5, 0.6) is 0 Å². The number of rotatable bonds is 6. The average Bonchev–Trinajstić information content (AvgIpc) is 2.95. The fourth-order valence-electron chi connectivity index (χ4n) is 2.51. The van der Waals surface area contributed by atoms with Crippen LogP contribution in [0.2, 0.25) is 0 Å². The normalized spacial score (nSPS) is 20.0. The summed E-state index contributed by atoms with van der Waals surface area (Å²) in [5.41, 5.74) is 0. The Balaban J connectivity index is 2.02. The molecule has 0 saturated carbocycles. The fourth-order valence-corrected chi connectivity index (χ4v) is 5.47. The molecule has 1 fully saturated rings. The van der Waals surface area contributed by atoms with E-state index in [0.717, 1.165) is 11.3 Å². The monoisotopic (exact) mass is 345 g/mol. The first-order valence-corrected chi connectivity index (χ1v) is 9.69. The third-order valence-electron chi connectivity index (χ3n) is 3.74. The lowest BCUT2D eigenvalue weighted by atomic mass is 9.99. The molecule has 0 aromatic carbocycles. The van der Waals surface area contributed by atoms with Gasteiger partial charge in [-0.05, 0) is 38.9 Å². The first kappa shape index (κ1) is 17.4. The molecule has 124 valence electrons. The van der Waals surface area contributed by atoms with Crippen molar-refractivity contribution in [2.45, 2.75) is 24.0 Å². The largest absolute Gasteiger partial charge is 0.355 e. The van der Waals surface area contributed by atoms with E-state index in [-0.39, 0.29) is 18.4 Å². The zero-order valence-corrected chi connectivity index (χ0v) is 14.6. The molecular weight excluding hydrogens is 322 g/mol. The zero-order valence-electron chi connectivity index (χ0n) is 13.0. The predicted octanol–water partition coefficient (Wildman–Crippen LogP) is 0.793. The Hall–Kier alpha value is -0.960. The molecule has 2 N–H and O–H groups in total. The summed E-state index contributed by atoms with van der Waals surface area (Å²) in [6, 6.07) is 3.45. The average molecular weight is 345 g/mol. The molecule has 8 heteroatoms. The van der Waals surface area contributed by atoms with Crippen LogP contribution in [-0.4, -0.2) is 51.9 Å². The van der Waals surface area contributed by atoms with Gasteiger partial charge in [0.15, 0.2) is 0 Å². The van der Waals surface area contributed by atoms with E-state index in [2.05, 4.69) is 10.6 Å². The number of piperidine rings is 1. The van der Waals surface area contributed by atoms with Crippen molar-refractivity contribution >= 4 is 27.3 Å². The van der Waals surface area contributed by atoms with Gasteiger partial charge in [-0.1, -0.05) is 0 Å². The Morgan fingerprint density at radius 1 is 1.41 bits per heavy atom. The van der Waals surface area contributed by atoms with Gasteiger partial charge in [-0.3, -0.25) is 4.79 Å². The maximum Gasteiger partial charge on any atom is 0.252 e. The summed E-state index contributed by atoms with van der Waals surface area (Å²) < 4.78 is 27.1. The van der Waals surface area contributed by atoms with E-state index < -0.39 is 10.0 Å². The number of nitrogens with one attached hydrogen (secondary N) is 2. The molecule has 0 aliphatic carbocycles. The Morgan fingerprint density at radius 3 is 2.82 bits per heavy atom. The number of carbonyl (C=O) groups excluding carboxylic acids is 1. The Labute approximate surface area is 135 Å². The molecule has 1 unspecified atom stereocenters. The van der Waals surface area contributed by atoms with Gasteiger partial charge in [-0.2, -0.15) is 4.31 Å².